The van der Waals surface area contributed by atoms with Crippen molar-refractivity contribution in [2.75, 3.05) is 19.6 Å². The highest BCUT2D eigenvalue weighted by molar-refractivity contribution is 5.80. The Balaban J connectivity index is 1.43. The van der Waals surface area contributed by atoms with Crippen molar-refractivity contribution in [1.82, 2.24) is 15.5 Å². The highest BCUT2D eigenvalue weighted by Gasteiger charge is 2.43. The van der Waals surface area contributed by atoms with Crippen molar-refractivity contribution in [3.63, 3.8) is 0 Å². The topological polar surface area (TPSA) is 87.5 Å². The van der Waals surface area contributed by atoms with Crippen LogP contribution in [0.4, 0.5) is 0 Å². The Bertz CT molecular complexity index is 393. The molecule has 112 valence electrons. The zero-order valence-electron chi connectivity index (χ0n) is 11.8. The van der Waals surface area contributed by atoms with Gasteiger partial charge in [-0.1, -0.05) is 0 Å². The fraction of sp³-hybridized carbons (Fsp3) is 0.857. The van der Waals surface area contributed by atoms with Crippen molar-refractivity contribution in [1.29, 1.82) is 0 Å². The van der Waals surface area contributed by atoms with Crippen LogP contribution in [0.5, 0.6) is 0 Å². The quantitative estimate of drug-likeness (QED) is 0.629. The number of nitrogens with one attached hydrogen (secondary N) is 2. The normalized spacial score (nSPS) is 34.3. The Labute approximate surface area is 119 Å². The maximum Gasteiger partial charge on any atom is 0.231 e. The van der Waals surface area contributed by atoms with E-state index in [-0.39, 0.29) is 23.8 Å². The van der Waals surface area contributed by atoms with E-state index >= 15 is 0 Å². The van der Waals surface area contributed by atoms with Gasteiger partial charge in [-0.25, -0.2) is 0 Å². The lowest BCUT2D eigenvalue weighted by Gasteiger charge is -2.32. The maximum atomic E-state index is 12.3. The summed E-state index contributed by atoms with van der Waals surface area (Å²) < 4.78 is 0. The van der Waals surface area contributed by atoms with Crippen LogP contribution in [0.3, 0.4) is 0 Å². The van der Waals surface area contributed by atoms with Crippen molar-refractivity contribution in [2.24, 2.45) is 11.7 Å². The van der Waals surface area contributed by atoms with Crippen LogP contribution >= 0.6 is 0 Å². The number of likely N-dealkylation sites (tertiary alicyclic amines) is 1. The van der Waals surface area contributed by atoms with Crippen molar-refractivity contribution in [3.05, 3.63) is 0 Å². The van der Waals surface area contributed by atoms with Gasteiger partial charge >= 0.3 is 0 Å². The number of primary amides is 1. The van der Waals surface area contributed by atoms with Gasteiger partial charge < -0.3 is 16.4 Å². The molecule has 3 aliphatic rings. The number of carbonyl (C=O) groups is 2. The first kappa shape index (κ1) is 13.8. The van der Waals surface area contributed by atoms with Gasteiger partial charge in [0, 0.05) is 31.2 Å². The van der Waals surface area contributed by atoms with Crippen LogP contribution in [0.25, 0.3) is 0 Å². The van der Waals surface area contributed by atoms with Gasteiger partial charge in [-0.2, -0.15) is 0 Å². The molecule has 3 heterocycles. The summed E-state index contributed by atoms with van der Waals surface area (Å²) in [5.41, 5.74) is 5.20. The second-order valence-electron chi connectivity index (χ2n) is 6.41. The summed E-state index contributed by atoms with van der Waals surface area (Å²) in [6.07, 6.45) is 5.18. The number of carbonyl (C=O) groups excluding carboxylic acids is 2. The van der Waals surface area contributed by atoms with Gasteiger partial charge in [0.25, 0.3) is 0 Å². The van der Waals surface area contributed by atoms with Crippen LogP contribution in [-0.4, -0.2) is 54.5 Å². The lowest BCUT2D eigenvalue weighted by Crippen LogP contribution is -2.49. The number of rotatable bonds is 4. The van der Waals surface area contributed by atoms with Crippen molar-refractivity contribution in [2.45, 2.75) is 50.2 Å². The molecule has 2 amide bonds. The Hall–Kier alpha value is -1.14. The molecule has 0 spiro atoms. The fourth-order valence-electron chi connectivity index (χ4n) is 3.88. The number of fused-ring (bicyclic) bond motifs is 2. The van der Waals surface area contributed by atoms with E-state index in [4.69, 9.17) is 5.73 Å². The van der Waals surface area contributed by atoms with Crippen molar-refractivity contribution >= 4 is 11.8 Å². The van der Waals surface area contributed by atoms with Crippen LogP contribution in [0.2, 0.25) is 0 Å². The molecule has 3 atom stereocenters. The third-order valence-electron chi connectivity index (χ3n) is 4.95. The smallest absolute Gasteiger partial charge is 0.231 e. The zero-order chi connectivity index (χ0) is 14.1. The molecule has 6 nitrogen and oxygen atoms in total. The molecule has 6 heteroatoms. The highest BCUT2D eigenvalue weighted by Crippen LogP contribution is 2.33. The number of piperidine rings is 1. The molecule has 0 aliphatic carbocycles. The summed E-state index contributed by atoms with van der Waals surface area (Å²) in [5.74, 6) is 0.107. The van der Waals surface area contributed by atoms with Crippen LogP contribution in [-0.2, 0) is 9.59 Å². The predicted octanol–water partition coefficient (Wildman–Crippen LogP) is -0.807. The molecule has 0 radical (unpaired) electrons. The van der Waals surface area contributed by atoms with Gasteiger partial charge in [-0.05, 0) is 32.1 Å². The molecule has 20 heavy (non-hydrogen) atoms. The van der Waals surface area contributed by atoms with E-state index in [1.165, 1.54) is 6.42 Å². The van der Waals surface area contributed by atoms with Gasteiger partial charge in [0.05, 0.1) is 12.5 Å². The molecule has 4 N–H and O–H groups in total. The van der Waals surface area contributed by atoms with Gasteiger partial charge in [-0.15, -0.1) is 0 Å². The Morgan fingerprint density at radius 3 is 2.50 bits per heavy atom. The number of nitrogens with two attached hydrogens (primary N) is 1. The van der Waals surface area contributed by atoms with Crippen LogP contribution in [0, 0.1) is 5.92 Å². The van der Waals surface area contributed by atoms with E-state index in [2.05, 4.69) is 15.5 Å². The minimum absolute atomic E-state index is 0.164. The number of hydrogen-bond donors (Lipinski definition) is 3. The minimum Gasteiger partial charge on any atom is -0.369 e. The van der Waals surface area contributed by atoms with E-state index in [0.29, 0.717) is 18.6 Å². The standard InChI is InChI=1S/C14H24N4O2/c15-13(19)8-18-5-3-9(4-6-18)17-14(20)11-7-10-1-2-12(11)16-10/h9-12,16H,1-8H2,(H2,15,19)(H,17,20). The molecule has 0 aromatic heterocycles. The minimum atomic E-state index is -0.277. The fourth-order valence-corrected chi connectivity index (χ4v) is 3.88. The van der Waals surface area contributed by atoms with Gasteiger partial charge in [0.1, 0.15) is 0 Å². The number of hydrogen-bond acceptors (Lipinski definition) is 4. The first-order chi connectivity index (χ1) is 9.61. The highest BCUT2D eigenvalue weighted by atomic mass is 16.2. The number of amides is 2. The van der Waals surface area contributed by atoms with Crippen molar-refractivity contribution in [3.8, 4) is 0 Å². The van der Waals surface area contributed by atoms with Crippen LogP contribution in [0.15, 0.2) is 0 Å². The molecule has 3 saturated heterocycles. The summed E-state index contributed by atoms with van der Waals surface area (Å²) >= 11 is 0. The Kier molecular flexibility index (Phi) is 3.94. The molecule has 2 bridgehead atoms. The molecule has 3 fully saturated rings. The van der Waals surface area contributed by atoms with Gasteiger partial charge in [-0.3, -0.25) is 14.5 Å². The lowest BCUT2D eigenvalue weighted by atomic mass is 9.88. The second-order valence-corrected chi connectivity index (χ2v) is 6.41. The number of nitrogens with zero attached hydrogens (tertiary/aromatic N) is 1. The first-order valence-electron chi connectivity index (χ1n) is 7.69. The van der Waals surface area contributed by atoms with E-state index < -0.39 is 0 Å². The van der Waals surface area contributed by atoms with E-state index in [9.17, 15) is 9.59 Å². The molecule has 3 aliphatic heterocycles. The average Bonchev–Trinajstić information content (AvgIpc) is 3.03. The van der Waals surface area contributed by atoms with Gasteiger partial charge in [0.2, 0.25) is 11.8 Å². The maximum absolute atomic E-state index is 12.3. The molecule has 0 aromatic rings. The summed E-state index contributed by atoms with van der Waals surface area (Å²) in [7, 11) is 0. The monoisotopic (exact) mass is 280 g/mol. The third kappa shape index (κ3) is 2.96. The largest absolute Gasteiger partial charge is 0.369 e. The van der Waals surface area contributed by atoms with E-state index in [0.717, 1.165) is 38.8 Å². The zero-order valence-corrected chi connectivity index (χ0v) is 11.8. The predicted molar refractivity (Wildman–Crippen MR) is 74.9 cm³/mol. The molecular weight excluding hydrogens is 256 g/mol. The SMILES string of the molecule is NC(=O)CN1CCC(NC(=O)C2CC3CCC2N3)CC1. The molecular formula is C14H24N4O2. The second kappa shape index (κ2) is 5.69. The van der Waals surface area contributed by atoms with Crippen molar-refractivity contribution < 1.29 is 9.59 Å². The Morgan fingerprint density at radius 1 is 1.20 bits per heavy atom. The lowest BCUT2D eigenvalue weighted by molar-refractivity contribution is -0.127. The Morgan fingerprint density at radius 2 is 1.95 bits per heavy atom. The van der Waals surface area contributed by atoms with Gasteiger partial charge in [0.15, 0.2) is 0 Å². The third-order valence-corrected chi connectivity index (χ3v) is 4.95. The molecule has 0 aromatic carbocycles. The molecule has 3 unspecified atom stereocenters. The summed E-state index contributed by atoms with van der Waals surface area (Å²) in [5, 5.41) is 6.70. The van der Waals surface area contributed by atoms with E-state index in [1.807, 2.05) is 0 Å². The summed E-state index contributed by atoms with van der Waals surface area (Å²) in [4.78, 5) is 25.3. The molecule has 0 saturated carbocycles. The average molecular weight is 280 g/mol. The van der Waals surface area contributed by atoms with Crippen LogP contribution in [0.1, 0.15) is 32.1 Å². The van der Waals surface area contributed by atoms with E-state index in [1.54, 1.807) is 0 Å². The van der Waals surface area contributed by atoms with Crippen LogP contribution < -0.4 is 16.4 Å². The first-order valence-corrected chi connectivity index (χ1v) is 7.69. The summed E-state index contributed by atoms with van der Waals surface area (Å²) in [6, 6.07) is 1.22. The molecule has 3 rings (SSSR count). The summed E-state index contributed by atoms with van der Waals surface area (Å²) in [6.45, 7) is 2.00.